The predicted octanol–water partition coefficient (Wildman–Crippen LogP) is 3.60. The van der Waals surface area contributed by atoms with Crippen LogP contribution in [0.3, 0.4) is 0 Å². The zero-order chi connectivity index (χ0) is 16.1. The Kier molecular flexibility index (Phi) is 4.64. The number of hydrogen-bond donors (Lipinski definition) is 1. The summed E-state index contributed by atoms with van der Waals surface area (Å²) in [5, 5.41) is 5.06. The molecule has 23 heavy (non-hydrogen) atoms. The lowest BCUT2D eigenvalue weighted by molar-refractivity contribution is -0.118. The second-order valence-corrected chi connectivity index (χ2v) is 5.35. The molecular weight excluding hydrogens is 288 g/mol. The quantitative estimate of drug-likeness (QED) is 0.783. The monoisotopic (exact) mass is 306 g/mol. The van der Waals surface area contributed by atoms with Crippen molar-refractivity contribution < 1.29 is 9.53 Å². The van der Waals surface area contributed by atoms with Gasteiger partial charge in [0.25, 0.3) is 0 Å². The summed E-state index contributed by atoms with van der Waals surface area (Å²) < 4.78 is 5.22. The molecule has 3 rings (SSSR count). The third-order valence-electron chi connectivity index (χ3n) is 3.76. The van der Waals surface area contributed by atoms with Gasteiger partial charge in [0.1, 0.15) is 0 Å². The molecule has 2 aromatic carbocycles. The Morgan fingerprint density at radius 1 is 1.13 bits per heavy atom. The van der Waals surface area contributed by atoms with Crippen LogP contribution in [-0.2, 0) is 9.53 Å². The van der Waals surface area contributed by atoms with Crippen LogP contribution in [0.15, 0.2) is 67.0 Å². The van der Waals surface area contributed by atoms with E-state index in [1.165, 1.54) is 0 Å². The highest BCUT2D eigenvalue weighted by atomic mass is 16.5. The Bertz CT molecular complexity index is 803. The number of nitrogens with zero attached hydrogens (tertiary/aromatic N) is 1. The minimum Gasteiger partial charge on any atom is -0.384 e. The van der Waals surface area contributed by atoms with Crippen LogP contribution in [0.4, 0.5) is 5.69 Å². The third-order valence-corrected chi connectivity index (χ3v) is 3.76. The number of rotatable bonds is 5. The van der Waals surface area contributed by atoms with Gasteiger partial charge in [-0.3, -0.25) is 9.78 Å². The lowest BCUT2D eigenvalue weighted by Gasteiger charge is -2.16. The van der Waals surface area contributed by atoms with E-state index >= 15 is 0 Å². The Morgan fingerprint density at radius 2 is 1.96 bits per heavy atom. The molecule has 0 bridgehead atoms. The van der Waals surface area contributed by atoms with Gasteiger partial charge in [-0.2, -0.15) is 0 Å². The highest BCUT2D eigenvalue weighted by molar-refractivity contribution is 5.98. The second-order valence-electron chi connectivity index (χ2n) is 5.35. The fraction of sp³-hybridized carbons (Fsp3) is 0.158. The number of benzene rings is 2. The van der Waals surface area contributed by atoms with Crippen molar-refractivity contribution in [2.45, 2.75) is 5.92 Å². The van der Waals surface area contributed by atoms with Crippen LogP contribution >= 0.6 is 0 Å². The molecule has 0 radical (unpaired) electrons. The lowest BCUT2D eigenvalue weighted by Crippen LogP contribution is -2.24. The van der Waals surface area contributed by atoms with Gasteiger partial charge in [0, 0.05) is 30.6 Å². The molecule has 1 atom stereocenters. The van der Waals surface area contributed by atoms with Gasteiger partial charge in [-0.1, -0.05) is 36.4 Å². The molecule has 1 N–H and O–H groups in total. The Hall–Kier alpha value is -2.72. The van der Waals surface area contributed by atoms with Gasteiger partial charge in [-0.25, -0.2) is 0 Å². The summed E-state index contributed by atoms with van der Waals surface area (Å²) in [6.45, 7) is 0.341. The first-order valence-corrected chi connectivity index (χ1v) is 7.46. The molecule has 1 heterocycles. The van der Waals surface area contributed by atoms with Crippen LogP contribution in [0.1, 0.15) is 11.5 Å². The fourth-order valence-corrected chi connectivity index (χ4v) is 2.57. The molecule has 3 aromatic rings. The Labute approximate surface area is 135 Å². The van der Waals surface area contributed by atoms with Gasteiger partial charge >= 0.3 is 0 Å². The summed E-state index contributed by atoms with van der Waals surface area (Å²) in [6.07, 6.45) is 3.55. The maximum absolute atomic E-state index is 12.6. The largest absolute Gasteiger partial charge is 0.384 e. The van der Waals surface area contributed by atoms with Crippen molar-refractivity contribution in [3.63, 3.8) is 0 Å². The van der Waals surface area contributed by atoms with E-state index in [0.29, 0.717) is 6.61 Å². The first kappa shape index (κ1) is 15.2. The number of pyridine rings is 1. The van der Waals surface area contributed by atoms with Crippen molar-refractivity contribution in [2.24, 2.45) is 0 Å². The van der Waals surface area contributed by atoms with E-state index in [9.17, 15) is 4.79 Å². The van der Waals surface area contributed by atoms with Gasteiger partial charge in [0.15, 0.2) is 0 Å². The second kappa shape index (κ2) is 7.03. The van der Waals surface area contributed by atoms with Crippen LogP contribution in [0.25, 0.3) is 10.8 Å². The van der Waals surface area contributed by atoms with Crippen LogP contribution in [0, 0.1) is 0 Å². The van der Waals surface area contributed by atoms with Crippen molar-refractivity contribution in [1.82, 2.24) is 4.98 Å². The van der Waals surface area contributed by atoms with Crippen LogP contribution in [0.5, 0.6) is 0 Å². The zero-order valence-electron chi connectivity index (χ0n) is 12.9. The number of fused-ring (bicyclic) bond motifs is 1. The normalized spacial score (nSPS) is 12.0. The van der Waals surface area contributed by atoms with Crippen LogP contribution in [-0.4, -0.2) is 24.6 Å². The van der Waals surface area contributed by atoms with Crippen molar-refractivity contribution >= 4 is 22.4 Å². The van der Waals surface area contributed by atoms with E-state index in [0.717, 1.165) is 22.0 Å². The van der Waals surface area contributed by atoms with Crippen molar-refractivity contribution in [1.29, 1.82) is 0 Å². The highest BCUT2D eigenvalue weighted by Gasteiger charge is 2.20. The first-order chi connectivity index (χ1) is 11.3. The fourth-order valence-electron chi connectivity index (χ4n) is 2.57. The molecule has 0 aliphatic carbocycles. The van der Waals surface area contributed by atoms with Crippen LogP contribution in [0.2, 0.25) is 0 Å². The molecule has 4 nitrogen and oxygen atoms in total. The predicted molar refractivity (Wildman–Crippen MR) is 91.4 cm³/mol. The minimum atomic E-state index is -0.339. The van der Waals surface area contributed by atoms with Crippen molar-refractivity contribution in [3.05, 3.63) is 72.6 Å². The van der Waals surface area contributed by atoms with E-state index in [2.05, 4.69) is 10.3 Å². The van der Waals surface area contributed by atoms with E-state index < -0.39 is 0 Å². The van der Waals surface area contributed by atoms with E-state index in [1.54, 1.807) is 19.5 Å². The average Bonchev–Trinajstić information content (AvgIpc) is 2.60. The smallest absolute Gasteiger partial charge is 0.234 e. The number of hydrogen-bond acceptors (Lipinski definition) is 3. The maximum atomic E-state index is 12.6. The van der Waals surface area contributed by atoms with Gasteiger partial charge in [-0.15, -0.1) is 0 Å². The number of carbonyl (C=O) groups excluding carboxylic acids is 1. The summed E-state index contributed by atoms with van der Waals surface area (Å²) in [7, 11) is 1.60. The number of carbonyl (C=O) groups is 1. The number of methoxy groups -OCH3 is 1. The number of aromatic nitrogens is 1. The summed E-state index contributed by atoms with van der Waals surface area (Å²) in [5.74, 6) is -0.416. The average molecular weight is 306 g/mol. The topological polar surface area (TPSA) is 51.2 Å². The zero-order valence-corrected chi connectivity index (χ0v) is 12.9. The molecule has 1 unspecified atom stereocenters. The molecule has 0 spiro atoms. The van der Waals surface area contributed by atoms with Crippen LogP contribution < -0.4 is 5.32 Å². The Morgan fingerprint density at radius 3 is 2.74 bits per heavy atom. The summed E-state index contributed by atoms with van der Waals surface area (Å²) in [5.41, 5.74) is 1.71. The highest BCUT2D eigenvalue weighted by Crippen LogP contribution is 2.21. The van der Waals surface area contributed by atoms with E-state index in [4.69, 9.17) is 4.74 Å². The number of anilines is 1. The first-order valence-electron chi connectivity index (χ1n) is 7.46. The molecule has 0 saturated heterocycles. The molecule has 1 aromatic heterocycles. The van der Waals surface area contributed by atoms with Gasteiger partial charge < -0.3 is 10.1 Å². The van der Waals surface area contributed by atoms with E-state index in [-0.39, 0.29) is 11.8 Å². The number of nitrogens with one attached hydrogen (secondary N) is 1. The molecule has 4 heteroatoms. The Balaban J connectivity index is 1.82. The maximum Gasteiger partial charge on any atom is 0.234 e. The summed E-state index contributed by atoms with van der Waals surface area (Å²) in [6, 6.07) is 17.4. The standard InChI is InChI=1S/C19H18N2O2/c1-23-13-18(14-5-3-2-4-6-14)19(22)21-17-8-7-16-12-20-10-9-15(16)11-17/h2-12,18H,13H2,1H3,(H,21,22). The molecule has 0 saturated carbocycles. The molecule has 116 valence electrons. The van der Waals surface area contributed by atoms with Crippen molar-refractivity contribution in [3.8, 4) is 0 Å². The summed E-state index contributed by atoms with van der Waals surface area (Å²) >= 11 is 0. The summed E-state index contributed by atoms with van der Waals surface area (Å²) in [4.78, 5) is 16.7. The molecule has 0 fully saturated rings. The minimum absolute atomic E-state index is 0.0774. The van der Waals surface area contributed by atoms with Gasteiger partial charge in [-0.05, 0) is 29.1 Å². The number of amides is 1. The number of ether oxygens (including phenoxy) is 1. The van der Waals surface area contributed by atoms with Crippen molar-refractivity contribution in [2.75, 3.05) is 19.0 Å². The molecular formula is C19H18N2O2. The molecule has 0 aliphatic heterocycles. The molecule has 1 amide bonds. The van der Waals surface area contributed by atoms with E-state index in [1.807, 2.05) is 54.6 Å². The SMILES string of the molecule is COCC(C(=O)Nc1ccc2cnccc2c1)c1ccccc1. The third kappa shape index (κ3) is 3.55. The molecule has 0 aliphatic rings. The van der Waals surface area contributed by atoms with Gasteiger partial charge in [0.2, 0.25) is 5.91 Å². The van der Waals surface area contributed by atoms with Gasteiger partial charge in [0.05, 0.1) is 12.5 Å². The lowest BCUT2D eigenvalue weighted by atomic mass is 9.99.